The van der Waals surface area contributed by atoms with E-state index in [-0.39, 0.29) is 11.6 Å². The minimum Gasteiger partial charge on any atom is -0.470 e. The highest BCUT2D eigenvalue weighted by atomic mass is 32.1. The molecule has 188 valence electrons. The molecule has 9 heteroatoms. The molecule has 1 unspecified atom stereocenters. The van der Waals surface area contributed by atoms with Gasteiger partial charge in [-0.1, -0.05) is 0 Å². The number of piperidine rings is 1. The number of aromatic nitrogens is 1. The van der Waals surface area contributed by atoms with Crippen LogP contribution >= 0.6 is 11.3 Å². The number of hydrogen-bond acceptors (Lipinski definition) is 9. The summed E-state index contributed by atoms with van der Waals surface area (Å²) in [5, 5.41) is 6.47. The predicted octanol–water partition coefficient (Wildman–Crippen LogP) is 4.56. The maximum Gasteiger partial charge on any atom is 0.338 e. The van der Waals surface area contributed by atoms with Crippen molar-refractivity contribution >= 4 is 23.8 Å². The first kappa shape index (κ1) is 27.8. The van der Waals surface area contributed by atoms with Crippen LogP contribution in [0.1, 0.15) is 87.6 Å². The van der Waals surface area contributed by atoms with E-state index in [0.29, 0.717) is 23.7 Å². The molecule has 0 saturated carbocycles. The zero-order chi connectivity index (χ0) is 25.4. The van der Waals surface area contributed by atoms with Crippen molar-refractivity contribution in [3.63, 3.8) is 0 Å². The van der Waals surface area contributed by atoms with Crippen LogP contribution in [0.2, 0.25) is 0 Å². The van der Waals surface area contributed by atoms with Gasteiger partial charge in [-0.05, 0) is 91.7 Å². The first-order chi connectivity index (χ1) is 15.9. The third-order valence-corrected chi connectivity index (χ3v) is 5.70. The number of ether oxygens (including phenoxy) is 3. The molecule has 1 aliphatic heterocycles. The van der Waals surface area contributed by atoms with Crippen LogP contribution in [0, 0.1) is 0 Å². The van der Waals surface area contributed by atoms with E-state index in [1.807, 2.05) is 46.9 Å². The van der Waals surface area contributed by atoms with Gasteiger partial charge in [-0.2, -0.15) is 0 Å². The van der Waals surface area contributed by atoms with Gasteiger partial charge in [0.25, 0.3) is 6.47 Å². The molecule has 34 heavy (non-hydrogen) atoms. The molecule has 1 aliphatic rings. The Balaban J connectivity index is 0.000000509. The summed E-state index contributed by atoms with van der Waals surface area (Å²) in [7, 11) is 0. The number of esters is 1. The topological polar surface area (TPSA) is 113 Å². The maximum absolute atomic E-state index is 12.1. The summed E-state index contributed by atoms with van der Waals surface area (Å²) in [6, 6.07) is 6.80. The van der Waals surface area contributed by atoms with Crippen molar-refractivity contribution in [1.29, 1.82) is 0 Å². The number of nitrogens with one attached hydrogen (secondary N) is 1. The van der Waals surface area contributed by atoms with Gasteiger partial charge in [0.1, 0.15) is 22.6 Å². The van der Waals surface area contributed by atoms with Crippen LogP contribution in [0.25, 0.3) is 0 Å². The monoisotopic (exact) mass is 491 g/mol. The molecule has 1 fully saturated rings. The fourth-order valence-electron chi connectivity index (χ4n) is 3.05. The van der Waals surface area contributed by atoms with Gasteiger partial charge in [0.15, 0.2) is 6.23 Å². The zero-order valence-electron chi connectivity index (χ0n) is 20.9. The summed E-state index contributed by atoms with van der Waals surface area (Å²) in [5.41, 5.74) is 6.55. The molecule has 0 bridgehead atoms. The Hall–Kier alpha value is -2.49. The number of carbonyl (C=O) groups excluding carboxylic acids is 2. The molecule has 1 saturated heterocycles. The molecule has 2 aromatic rings. The summed E-state index contributed by atoms with van der Waals surface area (Å²) >= 11 is 1.65. The SMILES string of the molecule is CC(C)(C)OC(=O)c1ccc(OC(N)c2csc(C3CCNCC3)n2)cc1.CC(C)(C)OC=O. The highest BCUT2D eigenvalue weighted by molar-refractivity contribution is 7.09. The summed E-state index contributed by atoms with van der Waals surface area (Å²) in [6.07, 6.45) is 1.58. The van der Waals surface area contributed by atoms with Gasteiger partial charge in [-0.15, -0.1) is 11.3 Å². The first-order valence-corrected chi connectivity index (χ1v) is 12.3. The van der Waals surface area contributed by atoms with Crippen LogP contribution in [0.15, 0.2) is 29.6 Å². The lowest BCUT2D eigenvalue weighted by Gasteiger charge is -2.20. The van der Waals surface area contributed by atoms with Gasteiger partial charge in [0, 0.05) is 11.3 Å². The Bertz CT molecular complexity index is 910. The minimum atomic E-state index is -0.635. The Morgan fingerprint density at radius 2 is 1.74 bits per heavy atom. The molecule has 3 N–H and O–H groups in total. The summed E-state index contributed by atoms with van der Waals surface area (Å²) < 4.78 is 15.7. The second-order valence-electron chi connectivity index (χ2n) is 10.0. The van der Waals surface area contributed by atoms with Crippen molar-refractivity contribution in [2.45, 2.75) is 77.7 Å². The van der Waals surface area contributed by atoms with E-state index in [9.17, 15) is 9.59 Å². The van der Waals surface area contributed by atoms with Crippen LogP contribution in [-0.4, -0.2) is 41.7 Å². The van der Waals surface area contributed by atoms with Crippen LogP contribution < -0.4 is 15.8 Å². The summed E-state index contributed by atoms with van der Waals surface area (Å²) in [4.78, 5) is 26.3. The molecule has 2 heterocycles. The van der Waals surface area contributed by atoms with Crippen molar-refractivity contribution in [3.8, 4) is 5.75 Å². The molecule has 1 aromatic heterocycles. The second kappa shape index (κ2) is 12.3. The fourth-order valence-corrected chi connectivity index (χ4v) is 4.06. The van der Waals surface area contributed by atoms with E-state index in [1.165, 1.54) is 0 Å². The van der Waals surface area contributed by atoms with Gasteiger partial charge in [0.05, 0.1) is 10.6 Å². The molecular formula is C25H37N3O5S. The zero-order valence-corrected chi connectivity index (χ0v) is 21.7. The van der Waals surface area contributed by atoms with Gasteiger partial charge < -0.3 is 19.5 Å². The van der Waals surface area contributed by atoms with Gasteiger partial charge >= 0.3 is 5.97 Å². The third kappa shape index (κ3) is 9.79. The van der Waals surface area contributed by atoms with Crippen molar-refractivity contribution in [3.05, 3.63) is 45.9 Å². The Kier molecular flexibility index (Phi) is 10.0. The van der Waals surface area contributed by atoms with Crippen molar-refractivity contribution < 1.29 is 23.8 Å². The molecule has 0 radical (unpaired) electrons. The number of nitrogens with zero attached hydrogens (tertiary/aromatic N) is 1. The largest absolute Gasteiger partial charge is 0.470 e. The first-order valence-electron chi connectivity index (χ1n) is 11.4. The standard InChI is InChI=1S/C20H27N3O3S.C5H10O2/c1-20(2,3)26-19(24)14-4-6-15(7-5-14)25-17(21)16-12-27-18(23-16)13-8-10-22-11-9-13;1-5(2,3)7-4-6/h4-7,12-13,17,22H,8-11,21H2,1-3H3;4H,1-3H3. The predicted molar refractivity (Wildman–Crippen MR) is 133 cm³/mol. The number of nitrogens with two attached hydrogens (primary N) is 1. The summed E-state index contributed by atoms with van der Waals surface area (Å²) in [6.45, 7) is 13.5. The molecule has 3 rings (SSSR count). The number of hydrogen-bond donors (Lipinski definition) is 2. The van der Waals surface area contributed by atoms with Crippen molar-refractivity contribution in [1.82, 2.24) is 10.3 Å². The maximum atomic E-state index is 12.1. The van der Waals surface area contributed by atoms with E-state index in [4.69, 9.17) is 15.2 Å². The highest BCUT2D eigenvalue weighted by Crippen LogP contribution is 2.30. The number of rotatable bonds is 6. The van der Waals surface area contributed by atoms with E-state index >= 15 is 0 Å². The molecule has 0 amide bonds. The number of thiazole rings is 1. The Labute approximate surface area is 206 Å². The van der Waals surface area contributed by atoms with E-state index in [0.717, 1.165) is 36.6 Å². The van der Waals surface area contributed by atoms with Crippen molar-refractivity contribution in [2.24, 2.45) is 5.73 Å². The minimum absolute atomic E-state index is 0.318. The van der Waals surface area contributed by atoms with Crippen molar-refractivity contribution in [2.75, 3.05) is 13.1 Å². The fraction of sp³-hybridized carbons (Fsp3) is 0.560. The Morgan fingerprint density at radius 1 is 1.12 bits per heavy atom. The normalized spacial score (nSPS) is 15.5. The third-order valence-electron chi connectivity index (χ3n) is 4.67. The van der Waals surface area contributed by atoms with Crippen LogP contribution in [0.5, 0.6) is 5.75 Å². The smallest absolute Gasteiger partial charge is 0.338 e. The van der Waals surface area contributed by atoms with E-state index in [1.54, 1.807) is 35.6 Å². The highest BCUT2D eigenvalue weighted by Gasteiger charge is 2.21. The Morgan fingerprint density at radius 3 is 2.24 bits per heavy atom. The van der Waals surface area contributed by atoms with E-state index < -0.39 is 11.8 Å². The molecular weight excluding hydrogens is 454 g/mol. The van der Waals surface area contributed by atoms with Crippen LogP contribution in [0.4, 0.5) is 0 Å². The average molecular weight is 492 g/mol. The second-order valence-corrected chi connectivity index (χ2v) is 10.9. The molecule has 0 spiro atoms. The van der Waals surface area contributed by atoms with E-state index in [2.05, 4.69) is 15.0 Å². The van der Waals surface area contributed by atoms with Crippen LogP contribution in [0.3, 0.4) is 0 Å². The van der Waals surface area contributed by atoms with Gasteiger partial charge in [-0.3, -0.25) is 10.5 Å². The number of benzene rings is 1. The lowest BCUT2D eigenvalue weighted by Crippen LogP contribution is -2.26. The average Bonchev–Trinajstić information content (AvgIpc) is 3.24. The van der Waals surface area contributed by atoms with Gasteiger partial charge in [0.2, 0.25) is 0 Å². The number of carbonyl (C=O) groups is 2. The lowest BCUT2D eigenvalue weighted by molar-refractivity contribution is -0.138. The van der Waals surface area contributed by atoms with Crippen LogP contribution in [-0.2, 0) is 14.3 Å². The molecule has 0 aliphatic carbocycles. The lowest BCUT2D eigenvalue weighted by atomic mass is 9.99. The molecule has 8 nitrogen and oxygen atoms in total. The quantitative estimate of drug-likeness (QED) is 0.344. The summed E-state index contributed by atoms with van der Waals surface area (Å²) in [5.74, 6) is 0.737. The molecule has 1 atom stereocenters. The molecule has 1 aromatic carbocycles. The van der Waals surface area contributed by atoms with Gasteiger partial charge in [-0.25, -0.2) is 9.78 Å².